The SMILES string of the molecule is CC1=C(C)CP(c2ccccc2)C1.[C-]#[O+].[C-]#[O+].[C-]#[O+].[C-]#[O+].[C-]#[O+].[W]. The van der Waals surface area contributed by atoms with E-state index >= 15 is 0 Å². The predicted octanol–water partition coefficient (Wildman–Crippen LogP) is 2.95. The van der Waals surface area contributed by atoms with E-state index in [1.54, 1.807) is 16.5 Å². The van der Waals surface area contributed by atoms with Crippen LogP contribution in [0.4, 0.5) is 0 Å². The van der Waals surface area contributed by atoms with Crippen molar-refractivity contribution in [1.82, 2.24) is 0 Å². The van der Waals surface area contributed by atoms with Gasteiger partial charge in [-0.1, -0.05) is 49.4 Å². The first-order valence-electron chi connectivity index (χ1n) is 5.74. The molecule has 0 amide bonds. The first-order valence-corrected chi connectivity index (χ1v) is 7.46. The second-order valence-electron chi connectivity index (χ2n) is 3.75. The molecule has 0 aliphatic carbocycles. The van der Waals surface area contributed by atoms with Crippen molar-refractivity contribution in [3.63, 3.8) is 0 Å². The molecule has 0 saturated carbocycles. The van der Waals surface area contributed by atoms with Crippen LogP contribution < -0.4 is 5.30 Å². The molecule has 124 valence electrons. The number of hydrogen-bond acceptors (Lipinski definition) is 0. The average molecular weight is 514 g/mol. The Balaban J connectivity index is -0.0000000950. The summed E-state index contributed by atoms with van der Waals surface area (Å²) in [6.45, 7) is 27.1. The first-order chi connectivity index (χ1) is 11.3. The topological polar surface area (TPSA) is 99.5 Å². The van der Waals surface area contributed by atoms with Crippen molar-refractivity contribution in [3.05, 3.63) is 74.7 Å². The maximum atomic E-state index is 7.50. The molecule has 1 aromatic rings. The molecule has 0 fully saturated rings. The summed E-state index contributed by atoms with van der Waals surface area (Å²) < 4.78 is 37.5. The zero-order valence-corrected chi connectivity index (χ0v) is 17.0. The summed E-state index contributed by atoms with van der Waals surface area (Å²) in [5.41, 5.74) is 3.24. The van der Waals surface area contributed by atoms with E-state index in [1.165, 1.54) is 12.3 Å². The molecule has 0 saturated heterocycles. The molecular formula is C17H15O5PW. The Morgan fingerprint density at radius 1 is 0.667 bits per heavy atom. The van der Waals surface area contributed by atoms with Gasteiger partial charge in [0.2, 0.25) is 0 Å². The number of benzene rings is 1. The van der Waals surface area contributed by atoms with Crippen LogP contribution in [0.25, 0.3) is 0 Å². The van der Waals surface area contributed by atoms with Crippen molar-refractivity contribution in [2.75, 3.05) is 12.3 Å². The Labute approximate surface area is 158 Å². The number of hydrogen-bond donors (Lipinski definition) is 0. The van der Waals surface area contributed by atoms with Crippen molar-refractivity contribution in [3.8, 4) is 0 Å². The molecular weight excluding hydrogens is 499 g/mol. The number of rotatable bonds is 1. The van der Waals surface area contributed by atoms with Crippen LogP contribution in [0.15, 0.2) is 41.5 Å². The fraction of sp³-hybridized carbons (Fsp3) is 0.235. The molecule has 0 aromatic heterocycles. The van der Waals surface area contributed by atoms with Gasteiger partial charge in [0.1, 0.15) is 0 Å². The molecule has 1 aliphatic heterocycles. The van der Waals surface area contributed by atoms with Crippen LogP contribution in [-0.2, 0) is 44.3 Å². The molecule has 1 heterocycles. The van der Waals surface area contributed by atoms with E-state index < -0.39 is 0 Å². The minimum atomic E-state index is 0. The third-order valence-corrected chi connectivity index (χ3v) is 5.45. The molecule has 2 rings (SSSR count). The molecule has 0 N–H and O–H groups in total. The van der Waals surface area contributed by atoms with E-state index in [2.05, 4.69) is 77.4 Å². The molecule has 5 nitrogen and oxygen atoms in total. The Hall–Kier alpha value is -1.22. The average Bonchev–Trinajstić information content (AvgIpc) is 3.03. The molecule has 24 heavy (non-hydrogen) atoms. The smallest absolute Gasteiger partial charge is 0 e. The summed E-state index contributed by atoms with van der Waals surface area (Å²) in [4.78, 5) is 0. The quantitative estimate of drug-likeness (QED) is 0.239. The summed E-state index contributed by atoms with van der Waals surface area (Å²) in [7, 11) is 0.107. The largest absolute Gasteiger partial charge is 0 e. The molecule has 0 bridgehead atoms. The van der Waals surface area contributed by atoms with Gasteiger partial charge >= 0.3 is 56.5 Å². The third kappa shape index (κ3) is 15.7. The van der Waals surface area contributed by atoms with Gasteiger partial charge < -0.3 is 0 Å². The van der Waals surface area contributed by atoms with Gasteiger partial charge in [-0.05, 0) is 31.5 Å². The Morgan fingerprint density at radius 3 is 1.25 bits per heavy atom. The molecule has 1 aromatic carbocycles. The summed E-state index contributed by atoms with van der Waals surface area (Å²) >= 11 is 0. The van der Waals surface area contributed by atoms with Gasteiger partial charge in [-0.25, -0.2) is 0 Å². The van der Waals surface area contributed by atoms with E-state index in [1.807, 2.05) is 0 Å². The standard InChI is InChI=1S/C12H15P.5CO.W/c1-10-8-13(9-11(10)2)12-6-4-3-5-7-12;5*1-2;/h3-7H,8-9H2,1-2H3;;;;;;. The fourth-order valence-corrected chi connectivity index (χ4v) is 4.48. The summed E-state index contributed by atoms with van der Waals surface area (Å²) in [5, 5.41) is 1.56. The normalized spacial score (nSPS) is 10.3. The van der Waals surface area contributed by atoms with E-state index in [0.29, 0.717) is 0 Å². The molecule has 0 atom stereocenters. The first kappa shape index (κ1) is 34.2. The van der Waals surface area contributed by atoms with Gasteiger partial charge in [0.15, 0.2) is 0 Å². The van der Waals surface area contributed by atoms with E-state index in [9.17, 15) is 0 Å². The monoisotopic (exact) mass is 514 g/mol. The maximum Gasteiger partial charge on any atom is 0 e. The van der Waals surface area contributed by atoms with Crippen LogP contribution in [-0.4, -0.2) is 12.3 Å². The minimum Gasteiger partial charge on any atom is 0 e. The third-order valence-electron chi connectivity index (χ3n) is 2.71. The van der Waals surface area contributed by atoms with Crippen molar-refractivity contribution >= 4 is 13.2 Å². The summed E-state index contributed by atoms with van der Waals surface area (Å²) in [5.74, 6) is 0. The van der Waals surface area contributed by atoms with Gasteiger partial charge in [0.05, 0.1) is 0 Å². The van der Waals surface area contributed by atoms with Crippen molar-refractivity contribution in [2.45, 2.75) is 13.8 Å². The zero-order valence-electron chi connectivity index (χ0n) is 13.2. The van der Waals surface area contributed by atoms with Crippen molar-refractivity contribution in [1.29, 1.82) is 0 Å². The fourth-order valence-electron chi connectivity index (χ4n) is 1.72. The van der Waals surface area contributed by atoms with Crippen LogP contribution in [0, 0.1) is 33.3 Å². The minimum absolute atomic E-state index is 0. The molecule has 0 radical (unpaired) electrons. The summed E-state index contributed by atoms with van der Waals surface area (Å²) in [6.07, 6.45) is 2.65. The number of allylic oxidation sites excluding steroid dienone is 2. The molecule has 1 aliphatic rings. The van der Waals surface area contributed by atoms with Crippen LogP contribution >= 0.6 is 7.92 Å². The molecule has 7 heteroatoms. The molecule has 0 spiro atoms. The second kappa shape index (κ2) is 29.7. The van der Waals surface area contributed by atoms with E-state index in [0.717, 1.165) is 0 Å². The molecule has 0 unspecified atom stereocenters. The summed E-state index contributed by atoms with van der Waals surface area (Å²) in [6, 6.07) is 11.0. The van der Waals surface area contributed by atoms with Crippen LogP contribution in [0.5, 0.6) is 0 Å². The van der Waals surface area contributed by atoms with Gasteiger partial charge in [0, 0.05) is 21.1 Å². The van der Waals surface area contributed by atoms with Crippen LogP contribution in [0.3, 0.4) is 0 Å². The van der Waals surface area contributed by atoms with Gasteiger partial charge in [-0.2, -0.15) is 0 Å². The Kier molecular flexibility index (Phi) is 42.4. The van der Waals surface area contributed by atoms with Crippen molar-refractivity contribution in [2.24, 2.45) is 0 Å². The second-order valence-corrected chi connectivity index (χ2v) is 5.98. The van der Waals surface area contributed by atoms with E-state index in [4.69, 9.17) is 23.3 Å². The van der Waals surface area contributed by atoms with Gasteiger partial charge in [0.25, 0.3) is 0 Å². The van der Waals surface area contributed by atoms with Gasteiger partial charge in [-0.3, -0.25) is 0 Å². The maximum absolute atomic E-state index is 7.50. The zero-order chi connectivity index (χ0) is 19.3. The van der Waals surface area contributed by atoms with Crippen LogP contribution in [0.2, 0.25) is 0 Å². The van der Waals surface area contributed by atoms with Crippen LogP contribution in [0.1, 0.15) is 13.8 Å². The Bertz CT molecular complexity index is 481. The van der Waals surface area contributed by atoms with Crippen molar-refractivity contribution < 1.29 is 44.3 Å². The van der Waals surface area contributed by atoms with Gasteiger partial charge in [-0.15, -0.1) is 0 Å². The predicted molar refractivity (Wildman–Crippen MR) is 80.8 cm³/mol. The van der Waals surface area contributed by atoms with E-state index in [-0.39, 0.29) is 29.0 Å². The Morgan fingerprint density at radius 2 is 0.958 bits per heavy atom.